The maximum absolute atomic E-state index is 13.1. The van der Waals surface area contributed by atoms with Gasteiger partial charge in [-0.25, -0.2) is 0 Å². The van der Waals surface area contributed by atoms with E-state index < -0.39 is 0 Å². The van der Waals surface area contributed by atoms with Gasteiger partial charge in [-0.15, -0.1) is 4.52 Å². The van der Waals surface area contributed by atoms with E-state index in [4.69, 9.17) is 23.2 Å². The SMILES string of the molecule is [O-]/C(c1ccc(Cl)cc1)=c1\c(-c2ccc(Cl)cc2)c[n+]2cccn12. The van der Waals surface area contributed by atoms with Crippen LogP contribution in [0, 0.1) is 0 Å². The fourth-order valence-electron chi connectivity index (χ4n) is 2.77. The van der Waals surface area contributed by atoms with Gasteiger partial charge in [-0.1, -0.05) is 57.7 Å². The van der Waals surface area contributed by atoms with Gasteiger partial charge in [-0.05, 0) is 35.4 Å². The van der Waals surface area contributed by atoms with Crippen LogP contribution in [0.2, 0.25) is 10.0 Å². The van der Waals surface area contributed by atoms with Crippen molar-refractivity contribution in [1.82, 2.24) is 4.52 Å². The predicted molar refractivity (Wildman–Crippen MR) is 92.7 cm³/mol. The van der Waals surface area contributed by atoms with Crippen molar-refractivity contribution in [3.05, 3.63) is 94.1 Å². The van der Waals surface area contributed by atoms with Crippen molar-refractivity contribution in [3.63, 3.8) is 0 Å². The summed E-state index contributed by atoms with van der Waals surface area (Å²) in [5.74, 6) is -0.0599. The molecule has 0 amide bonds. The first-order chi connectivity index (χ1) is 11.6. The second-order valence-electron chi connectivity index (χ2n) is 5.45. The highest BCUT2D eigenvalue weighted by atomic mass is 35.5. The summed E-state index contributed by atoms with van der Waals surface area (Å²) in [4.78, 5) is 0. The van der Waals surface area contributed by atoms with E-state index in [2.05, 4.69) is 0 Å². The summed E-state index contributed by atoms with van der Waals surface area (Å²) in [6.07, 6.45) is 5.70. The average molecular weight is 355 g/mol. The summed E-state index contributed by atoms with van der Waals surface area (Å²) in [5.41, 5.74) is 2.39. The molecule has 0 bridgehead atoms. The van der Waals surface area contributed by atoms with E-state index in [1.165, 1.54) is 0 Å². The maximum atomic E-state index is 13.1. The smallest absolute Gasteiger partial charge is 0.210 e. The molecule has 0 radical (unpaired) electrons. The third-order valence-electron chi connectivity index (χ3n) is 3.94. The van der Waals surface area contributed by atoms with Crippen molar-refractivity contribution in [2.24, 2.45) is 0 Å². The Balaban J connectivity index is 2.04. The summed E-state index contributed by atoms with van der Waals surface area (Å²) in [6, 6.07) is 16.3. The normalized spacial score (nSPS) is 12.6. The first-order valence-electron chi connectivity index (χ1n) is 7.38. The number of nitrogens with zero attached hydrogens (tertiary/aromatic N) is 2. The number of rotatable bonds is 2. The minimum atomic E-state index is -0.0599. The molecule has 0 spiro atoms. The molecule has 3 nitrogen and oxygen atoms in total. The predicted octanol–water partition coefficient (Wildman–Crippen LogP) is 2.73. The Bertz CT molecular complexity index is 1070. The second kappa shape index (κ2) is 5.86. The van der Waals surface area contributed by atoms with Crippen LogP contribution in [0.4, 0.5) is 0 Å². The van der Waals surface area contributed by atoms with Crippen molar-refractivity contribution >= 4 is 29.0 Å². The Morgan fingerprint density at radius 3 is 2.21 bits per heavy atom. The van der Waals surface area contributed by atoms with Gasteiger partial charge in [0.1, 0.15) is 5.35 Å². The lowest BCUT2D eigenvalue weighted by atomic mass is 10.1. The zero-order valence-electron chi connectivity index (χ0n) is 12.5. The molecule has 2 heterocycles. The molecule has 0 unspecified atom stereocenters. The number of aromatic nitrogens is 2. The molecule has 2 aromatic carbocycles. The molecule has 24 heavy (non-hydrogen) atoms. The van der Waals surface area contributed by atoms with Gasteiger partial charge in [0.05, 0.1) is 11.8 Å². The van der Waals surface area contributed by atoms with Gasteiger partial charge in [-0.2, -0.15) is 0 Å². The molecule has 0 atom stereocenters. The van der Waals surface area contributed by atoms with Gasteiger partial charge in [0.25, 0.3) is 0 Å². The molecule has 0 fully saturated rings. The largest absolute Gasteiger partial charge is 0.870 e. The van der Waals surface area contributed by atoms with Crippen LogP contribution in [0.3, 0.4) is 0 Å². The lowest BCUT2D eigenvalue weighted by molar-refractivity contribution is -0.613. The zero-order chi connectivity index (χ0) is 16.7. The van der Waals surface area contributed by atoms with E-state index in [1.54, 1.807) is 24.3 Å². The monoisotopic (exact) mass is 354 g/mol. The van der Waals surface area contributed by atoms with Gasteiger partial charge < -0.3 is 5.11 Å². The van der Waals surface area contributed by atoms with Gasteiger partial charge in [-0.3, -0.25) is 0 Å². The van der Waals surface area contributed by atoms with Crippen LogP contribution in [0.25, 0.3) is 16.9 Å². The minimum Gasteiger partial charge on any atom is -0.870 e. The topological polar surface area (TPSA) is 31.6 Å². The van der Waals surface area contributed by atoms with E-state index in [0.717, 1.165) is 11.1 Å². The molecular formula is C19H12Cl2N2O. The Morgan fingerprint density at radius 2 is 1.54 bits per heavy atom. The molecule has 0 aliphatic rings. The highest BCUT2D eigenvalue weighted by Gasteiger charge is 2.14. The van der Waals surface area contributed by atoms with Crippen molar-refractivity contribution in [2.45, 2.75) is 0 Å². The lowest BCUT2D eigenvalue weighted by Crippen LogP contribution is -2.32. The summed E-state index contributed by atoms with van der Waals surface area (Å²) < 4.78 is 3.72. The first-order valence-corrected chi connectivity index (χ1v) is 8.13. The number of halogens is 2. The van der Waals surface area contributed by atoms with E-state index in [9.17, 15) is 5.11 Å². The van der Waals surface area contributed by atoms with Crippen LogP contribution in [0.15, 0.2) is 73.2 Å². The molecular weight excluding hydrogens is 343 g/mol. The number of hydrogen-bond acceptors (Lipinski definition) is 1. The third kappa shape index (κ3) is 2.52. The number of benzene rings is 2. The van der Waals surface area contributed by atoms with Crippen LogP contribution in [0.5, 0.6) is 0 Å². The van der Waals surface area contributed by atoms with E-state index >= 15 is 0 Å². The lowest BCUT2D eigenvalue weighted by Gasteiger charge is -2.11. The summed E-state index contributed by atoms with van der Waals surface area (Å²) in [5, 5.41) is 15.0. The third-order valence-corrected chi connectivity index (χ3v) is 4.44. The van der Waals surface area contributed by atoms with Crippen molar-refractivity contribution < 1.29 is 9.62 Å². The number of fused-ring (bicyclic) bond motifs is 1. The van der Waals surface area contributed by atoms with Gasteiger partial charge in [0, 0.05) is 16.1 Å². The minimum absolute atomic E-state index is 0.0599. The molecule has 0 saturated heterocycles. The maximum Gasteiger partial charge on any atom is 0.210 e. The average Bonchev–Trinajstić information content (AvgIpc) is 3.16. The van der Waals surface area contributed by atoms with Crippen LogP contribution < -0.4 is 15.0 Å². The van der Waals surface area contributed by atoms with Crippen molar-refractivity contribution in [1.29, 1.82) is 0 Å². The van der Waals surface area contributed by atoms with E-state index in [0.29, 0.717) is 21.0 Å². The highest BCUT2D eigenvalue weighted by molar-refractivity contribution is 6.30. The van der Waals surface area contributed by atoms with E-state index in [1.807, 2.05) is 58.0 Å². The Morgan fingerprint density at radius 1 is 0.917 bits per heavy atom. The zero-order valence-corrected chi connectivity index (χ0v) is 14.0. The summed E-state index contributed by atoms with van der Waals surface area (Å²) in [6.45, 7) is 0. The molecule has 0 aliphatic heterocycles. The molecule has 4 rings (SSSR count). The molecule has 0 N–H and O–H groups in total. The number of hydrogen-bond donors (Lipinski definition) is 0. The van der Waals surface area contributed by atoms with Crippen molar-refractivity contribution in [3.8, 4) is 11.1 Å². The molecule has 0 saturated carbocycles. The van der Waals surface area contributed by atoms with Gasteiger partial charge in [0.15, 0.2) is 0 Å². The molecule has 118 valence electrons. The quantitative estimate of drug-likeness (QED) is 0.509. The van der Waals surface area contributed by atoms with Gasteiger partial charge >= 0.3 is 0 Å². The second-order valence-corrected chi connectivity index (χ2v) is 6.32. The van der Waals surface area contributed by atoms with Crippen LogP contribution >= 0.6 is 23.2 Å². The fourth-order valence-corrected chi connectivity index (χ4v) is 3.03. The fraction of sp³-hybridized carbons (Fsp3) is 0. The van der Waals surface area contributed by atoms with Crippen molar-refractivity contribution in [2.75, 3.05) is 0 Å². The molecule has 5 heteroatoms. The summed E-state index contributed by atoms with van der Waals surface area (Å²) >= 11 is 11.9. The van der Waals surface area contributed by atoms with Crippen LogP contribution in [0.1, 0.15) is 5.56 Å². The Hall–Kier alpha value is -2.49. The molecule has 2 aromatic heterocycles. The first kappa shape index (κ1) is 15.1. The van der Waals surface area contributed by atoms with Crippen LogP contribution in [-0.4, -0.2) is 4.52 Å². The molecule has 4 aromatic rings. The van der Waals surface area contributed by atoms with Gasteiger partial charge in [0.2, 0.25) is 12.4 Å². The highest BCUT2D eigenvalue weighted by Crippen LogP contribution is 2.19. The van der Waals surface area contributed by atoms with E-state index in [-0.39, 0.29) is 5.76 Å². The van der Waals surface area contributed by atoms with Crippen LogP contribution in [-0.2, 0) is 0 Å². The molecule has 0 aliphatic carbocycles. The standard InChI is InChI=1S/C19H12Cl2N2O/c20-15-6-2-13(3-7-15)17-12-22-10-1-11-23(22)18(17)19(24)14-4-8-16(21)9-5-14/h1-12H/b19-18+. The Kier molecular flexibility index (Phi) is 3.68. The Labute approximate surface area is 148 Å². The summed E-state index contributed by atoms with van der Waals surface area (Å²) in [7, 11) is 0.